The summed E-state index contributed by atoms with van der Waals surface area (Å²) in [6, 6.07) is 11.7. The Hall–Kier alpha value is -1.92. The summed E-state index contributed by atoms with van der Waals surface area (Å²) in [6.45, 7) is 3.93. The van der Waals surface area contributed by atoms with E-state index in [1.165, 1.54) is 19.4 Å². The Morgan fingerprint density at radius 3 is 2.85 bits per heavy atom. The minimum Gasteiger partial charge on any atom is -0.439 e. The van der Waals surface area contributed by atoms with Crippen LogP contribution in [0.4, 0.5) is 0 Å². The predicted molar refractivity (Wildman–Crippen MR) is 104 cm³/mol. The zero-order chi connectivity index (χ0) is 17.9. The first-order valence-electron chi connectivity index (χ1n) is 9.12. The van der Waals surface area contributed by atoms with Crippen molar-refractivity contribution < 1.29 is 9.53 Å². The van der Waals surface area contributed by atoms with Crippen molar-refractivity contribution in [3.63, 3.8) is 0 Å². The number of pyridine rings is 1. The van der Waals surface area contributed by atoms with Crippen LogP contribution in [0.5, 0.6) is 11.6 Å². The normalized spacial score (nSPS) is 20.5. The quantitative estimate of drug-likeness (QED) is 0.761. The number of benzene rings is 1. The smallest absolute Gasteiger partial charge is 0.255 e. The molecule has 0 unspecified atom stereocenters. The number of nitrogens with zero attached hydrogens (tertiary/aromatic N) is 3. The van der Waals surface area contributed by atoms with Crippen molar-refractivity contribution in [1.29, 1.82) is 0 Å². The van der Waals surface area contributed by atoms with E-state index >= 15 is 0 Å². The molecule has 3 heterocycles. The highest BCUT2D eigenvalue weighted by Crippen LogP contribution is 2.24. The Balaban J connectivity index is 1.43. The fraction of sp³-hybridized carbons (Fsp3) is 0.400. The Bertz CT molecular complexity index is 781. The monoisotopic (exact) mass is 415 g/mol. The number of rotatable bonds is 3. The number of aromatic nitrogens is 1. The average Bonchev–Trinajstić information content (AvgIpc) is 2.98. The SMILES string of the molecule is O=C(c1ccc(Oc2cccc(Br)c2)nc1)N1CCCN2CCC[C@@H]2C1. The molecular formula is C20H22BrN3O2. The van der Waals surface area contributed by atoms with Crippen LogP contribution in [-0.4, -0.2) is 52.9 Å². The van der Waals surface area contributed by atoms with Gasteiger partial charge in [0.2, 0.25) is 5.88 Å². The molecule has 1 atom stereocenters. The molecule has 1 amide bonds. The molecule has 0 aliphatic carbocycles. The van der Waals surface area contributed by atoms with E-state index < -0.39 is 0 Å². The third-order valence-electron chi connectivity index (χ3n) is 5.09. The fourth-order valence-electron chi connectivity index (χ4n) is 3.79. The largest absolute Gasteiger partial charge is 0.439 e. The number of halogens is 1. The molecule has 2 aliphatic heterocycles. The van der Waals surface area contributed by atoms with Gasteiger partial charge in [-0.3, -0.25) is 9.69 Å². The molecule has 136 valence electrons. The lowest BCUT2D eigenvalue weighted by atomic mass is 10.2. The van der Waals surface area contributed by atoms with Crippen molar-refractivity contribution >= 4 is 21.8 Å². The molecule has 5 nitrogen and oxygen atoms in total. The molecule has 2 aliphatic rings. The lowest BCUT2D eigenvalue weighted by molar-refractivity contribution is 0.0743. The van der Waals surface area contributed by atoms with Crippen molar-refractivity contribution in [2.75, 3.05) is 26.2 Å². The van der Waals surface area contributed by atoms with Crippen LogP contribution in [0, 0.1) is 0 Å². The van der Waals surface area contributed by atoms with Gasteiger partial charge in [0, 0.05) is 42.4 Å². The van der Waals surface area contributed by atoms with Gasteiger partial charge in [-0.1, -0.05) is 22.0 Å². The van der Waals surface area contributed by atoms with Crippen LogP contribution in [0.15, 0.2) is 47.1 Å². The van der Waals surface area contributed by atoms with Crippen molar-refractivity contribution in [1.82, 2.24) is 14.8 Å². The first-order valence-corrected chi connectivity index (χ1v) is 9.91. The molecule has 2 fully saturated rings. The van der Waals surface area contributed by atoms with Gasteiger partial charge in [-0.05, 0) is 50.1 Å². The van der Waals surface area contributed by atoms with Gasteiger partial charge in [-0.2, -0.15) is 0 Å². The first-order chi connectivity index (χ1) is 12.7. The summed E-state index contributed by atoms with van der Waals surface area (Å²) < 4.78 is 6.69. The van der Waals surface area contributed by atoms with Crippen molar-refractivity contribution in [2.45, 2.75) is 25.3 Å². The van der Waals surface area contributed by atoms with Crippen molar-refractivity contribution in [2.24, 2.45) is 0 Å². The van der Waals surface area contributed by atoms with Crippen LogP contribution in [0.2, 0.25) is 0 Å². The molecule has 1 aromatic carbocycles. The first kappa shape index (κ1) is 17.5. The van der Waals surface area contributed by atoms with Crippen molar-refractivity contribution in [3.05, 3.63) is 52.6 Å². The maximum atomic E-state index is 12.9. The van der Waals surface area contributed by atoms with Crippen LogP contribution < -0.4 is 4.74 Å². The molecule has 0 bridgehead atoms. The van der Waals surface area contributed by atoms with Gasteiger partial charge in [-0.25, -0.2) is 4.98 Å². The highest BCUT2D eigenvalue weighted by molar-refractivity contribution is 9.10. The second kappa shape index (κ2) is 7.76. The summed E-state index contributed by atoms with van der Waals surface area (Å²) in [4.78, 5) is 21.7. The molecule has 0 saturated carbocycles. The average molecular weight is 416 g/mol. The Kier molecular flexibility index (Phi) is 5.22. The maximum absolute atomic E-state index is 12.9. The molecule has 4 rings (SSSR count). The zero-order valence-corrected chi connectivity index (χ0v) is 16.2. The Morgan fingerprint density at radius 2 is 2.04 bits per heavy atom. The van der Waals surface area contributed by atoms with Crippen LogP contribution in [0.3, 0.4) is 0 Å². The lowest BCUT2D eigenvalue weighted by Crippen LogP contribution is -2.39. The lowest BCUT2D eigenvalue weighted by Gasteiger charge is -2.25. The molecule has 2 saturated heterocycles. The molecule has 0 spiro atoms. The van der Waals surface area contributed by atoms with Gasteiger partial charge >= 0.3 is 0 Å². The number of carbonyl (C=O) groups excluding carboxylic acids is 1. The molecule has 0 radical (unpaired) electrons. The molecule has 6 heteroatoms. The van der Waals surface area contributed by atoms with Gasteiger partial charge < -0.3 is 9.64 Å². The standard InChI is InChI=1S/C20H22BrN3O2/c21-16-4-1-6-18(12-16)26-19-8-7-15(13-22-19)20(25)24-11-3-10-23-9-2-5-17(23)14-24/h1,4,6-8,12-13,17H,2-3,5,9-11,14H2/t17-/m1/s1. The zero-order valence-electron chi connectivity index (χ0n) is 14.6. The van der Waals surface area contributed by atoms with E-state index in [1.807, 2.05) is 29.2 Å². The number of carbonyl (C=O) groups is 1. The Morgan fingerprint density at radius 1 is 1.15 bits per heavy atom. The Labute approximate surface area is 162 Å². The van der Waals surface area contributed by atoms with Gasteiger partial charge in [0.15, 0.2) is 0 Å². The summed E-state index contributed by atoms with van der Waals surface area (Å²) in [7, 11) is 0. The number of amides is 1. The minimum absolute atomic E-state index is 0.0697. The number of hydrogen-bond donors (Lipinski definition) is 0. The summed E-state index contributed by atoms with van der Waals surface area (Å²) in [5.41, 5.74) is 0.623. The van der Waals surface area contributed by atoms with Gasteiger partial charge in [0.05, 0.1) is 5.56 Å². The molecular weight excluding hydrogens is 394 g/mol. The third kappa shape index (κ3) is 3.91. The summed E-state index contributed by atoms with van der Waals surface area (Å²) >= 11 is 3.42. The van der Waals surface area contributed by atoms with Gasteiger partial charge in [-0.15, -0.1) is 0 Å². The highest BCUT2D eigenvalue weighted by Gasteiger charge is 2.30. The second-order valence-electron chi connectivity index (χ2n) is 6.88. The summed E-state index contributed by atoms with van der Waals surface area (Å²) in [5, 5.41) is 0. The van der Waals surface area contributed by atoms with E-state index in [0.29, 0.717) is 23.2 Å². The topological polar surface area (TPSA) is 45.7 Å². The molecule has 26 heavy (non-hydrogen) atoms. The summed E-state index contributed by atoms with van der Waals surface area (Å²) in [6.07, 6.45) is 5.10. The fourth-order valence-corrected chi connectivity index (χ4v) is 4.17. The molecule has 1 aromatic heterocycles. The van der Waals surface area contributed by atoms with E-state index in [9.17, 15) is 4.79 Å². The number of hydrogen-bond acceptors (Lipinski definition) is 4. The van der Waals surface area contributed by atoms with Gasteiger partial charge in [0.25, 0.3) is 5.91 Å². The van der Waals surface area contributed by atoms with E-state index in [-0.39, 0.29) is 5.91 Å². The van der Waals surface area contributed by atoms with Crippen molar-refractivity contribution in [3.8, 4) is 11.6 Å². The number of fused-ring (bicyclic) bond motifs is 1. The van der Waals surface area contributed by atoms with Crippen LogP contribution in [-0.2, 0) is 0 Å². The molecule has 2 aromatic rings. The van der Waals surface area contributed by atoms with E-state index in [1.54, 1.807) is 18.3 Å². The van der Waals surface area contributed by atoms with E-state index in [0.717, 1.165) is 30.5 Å². The predicted octanol–water partition coefficient (Wildman–Crippen LogP) is 3.95. The minimum atomic E-state index is 0.0697. The van der Waals surface area contributed by atoms with E-state index in [2.05, 4.69) is 25.8 Å². The second-order valence-corrected chi connectivity index (χ2v) is 7.80. The third-order valence-corrected chi connectivity index (χ3v) is 5.59. The van der Waals surface area contributed by atoms with Crippen LogP contribution >= 0.6 is 15.9 Å². The summed E-state index contributed by atoms with van der Waals surface area (Å²) in [5.74, 6) is 1.26. The highest BCUT2D eigenvalue weighted by atomic mass is 79.9. The van der Waals surface area contributed by atoms with Crippen LogP contribution in [0.25, 0.3) is 0 Å². The number of ether oxygens (including phenoxy) is 1. The maximum Gasteiger partial charge on any atom is 0.255 e. The molecule has 0 N–H and O–H groups in total. The van der Waals surface area contributed by atoms with Gasteiger partial charge in [0.1, 0.15) is 5.75 Å². The van der Waals surface area contributed by atoms with Crippen LogP contribution in [0.1, 0.15) is 29.6 Å². The van der Waals surface area contributed by atoms with E-state index in [4.69, 9.17) is 4.74 Å².